The Kier molecular flexibility index (Phi) is 8.15. The van der Waals surface area contributed by atoms with Crippen molar-refractivity contribution in [1.82, 2.24) is 5.32 Å². The Bertz CT molecular complexity index is 666. The van der Waals surface area contributed by atoms with E-state index in [2.05, 4.69) is 17.4 Å². The number of aryl methyl sites for hydroxylation is 1. The second kappa shape index (κ2) is 9.60. The van der Waals surface area contributed by atoms with Crippen LogP contribution in [0.15, 0.2) is 54.6 Å². The first-order valence-corrected chi connectivity index (χ1v) is 7.84. The predicted molar refractivity (Wildman–Crippen MR) is 99.8 cm³/mol. The molecule has 2 aromatic carbocycles. The Labute approximate surface area is 163 Å². The van der Waals surface area contributed by atoms with E-state index in [1.807, 2.05) is 49.4 Å². The van der Waals surface area contributed by atoms with Gasteiger partial charge in [-0.25, -0.2) is 4.79 Å². The number of alkyl carbamates (subject to hydrolysis) is 1. The summed E-state index contributed by atoms with van der Waals surface area (Å²) in [6, 6.07) is 18.2. The molecule has 1 N–H and O–H groups in total. The van der Waals surface area contributed by atoms with Gasteiger partial charge in [0.15, 0.2) is 0 Å². The summed E-state index contributed by atoms with van der Waals surface area (Å²) in [4.78, 5) is 11.2. The normalized spacial score (nSPS) is 18.4. The Morgan fingerprint density at radius 3 is 2.36 bits per heavy atom. The fourth-order valence-electron chi connectivity index (χ4n) is 2.59. The van der Waals surface area contributed by atoms with Crippen molar-refractivity contribution in [3.05, 3.63) is 65.7 Å². The molecule has 2 aromatic rings. The molecule has 1 aliphatic rings. The van der Waals surface area contributed by atoms with E-state index in [-0.39, 0.29) is 38.9 Å². The monoisotopic (exact) mass is 333 g/mol. The molecule has 128 valence electrons. The zero-order valence-electron chi connectivity index (χ0n) is 14.2. The third-order valence-corrected chi connectivity index (χ3v) is 4.06. The summed E-state index contributed by atoms with van der Waals surface area (Å²) in [5.41, 5.74) is 2.11. The molecular formula is C19H25BLiNO3. The van der Waals surface area contributed by atoms with Crippen molar-refractivity contribution in [3.63, 3.8) is 0 Å². The summed E-state index contributed by atoms with van der Waals surface area (Å²) in [5.74, 6) is 0.862. The first-order valence-electron chi connectivity index (χ1n) is 7.84. The molecule has 1 saturated heterocycles. The summed E-state index contributed by atoms with van der Waals surface area (Å²) < 4.78 is 10.8. The van der Waals surface area contributed by atoms with Crippen LogP contribution in [-0.4, -0.2) is 26.7 Å². The summed E-state index contributed by atoms with van der Waals surface area (Å²) in [7, 11) is 0. The molecule has 3 rings (SSSR count). The van der Waals surface area contributed by atoms with Crippen molar-refractivity contribution in [1.29, 1.82) is 0 Å². The van der Waals surface area contributed by atoms with Gasteiger partial charge in [-0.2, -0.15) is 0 Å². The van der Waals surface area contributed by atoms with Gasteiger partial charge in [0.05, 0.1) is 5.54 Å². The molecule has 1 fully saturated rings. The minimum Gasteiger partial charge on any atom is -0.489 e. The maximum atomic E-state index is 11.2. The molecule has 0 radical (unpaired) electrons. The molecule has 0 bridgehead atoms. The Morgan fingerprint density at radius 1 is 1.08 bits per heavy atom. The maximum Gasteiger partial charge on any atom is 1.00 e. The molecule has 0 aromatic heterocycles. The van der Waals surface area contributed by atoms with Crippen LogP contribution in [0.4, 0.5) is 4.79 Å². The Balaban J connectivity index is 0.00000156. The average Bonchev–Trinajstić information content (AvgIpc) is 2.92. The van der Waals surface area contributed by atoms with Crippen molar-refractivity contribution in [2.75, 3.05) is 6.61 Å². The van der Waals surface area contributed by atoms with Gasteiger partial charge in [-0.3, -0.25) is 0 Å². The molecule has 0 aliphatic carbocycles. The van der Waals surface area contributed by atoms with Crippen LogP contribution < -0.4 is 28.9 Å². The number of rotatable bonds is 6. The molecule has 0 spiro atoms. The summed E-state index contributed by atoms with van der Waals surface area (Å²) in [5, 5.41) is 2.86. The largest absolute Gasteiger partial charge is 1.00 e. The number of nitrogens with one attached hydrogen (secondary N) is 1. The van der Waals surface area contributed by atoms with Crippen LogP contribution >= 0.6 is 0 Å². The van der Waals surface area contributed by atoms with Crippen LogP contribution in [-0.2, 0) is 17.8 Å². The topological polar surface area (TPSA) is 47.6 Å². The number of benzene rings is 2. The summed E-state index contributed by atoms with van der Waals surface area (Å²) in [6.07, 6.45) is 1.42. The summed E-state index contributed by atoms with van der Waals surface area (Å²) in [6.45, 7) is 3.01. The van der Waals surface area contributed by atoms with E-state index >= 15 is 0 Å². The van der Waals surface area contributed by atoms with Crippen LogP contribution in [0.25, 0.3) is 0 Å². The van der Waals surface area contributed by atoms with E-state index < -0.39 is 0 Å². The third kappa shape index (κ3) is 6.19. The third-order valence-electron chi connectivity index (χ3n) is 4.06. The van der Waals surface area contributed by atoms with Gasteiger partial charge >= 0.3 is 25.0 Å². The Hall–Kier alpha value is -1.83. The van der Waals surface area contributed by atoms with E-state index in [0.29, 0.717) is 13.2 Å². The number of carbonyl (C=O) groups excluding carboxylic acids is 1. The van der Waals surface area contributed by atoms with Crippen molar-refractivity contribution in [2.45, 2.75) is 31.9 Å². The van der Waals surface area contributed by atoms with Gasteiger partial charge in [0.25, 0.3) is 0 Å². The molecule has 1 atom stereocenters. The molecule has 1 aliphatic heterocycles. The minimum absolute atomic E-state index is 0. The van der Waals surface area contributed by atoms with E-state index in [0.717, 1.165) is 24.2 Å². The van der Waals surface area contributed by atoms with Gasteiger partial charge in [0.1, 0.15) is 19.0 Å². The van der Waals surface area contributed by atoms with Crippen LogP contribution in [0.1, 0.15) is 24.5 Å². The van der Waals surface area contributed by atoms with Crippen LogP contribution in [0, 0.1) is 0 Å². The van der Waals surface area contributed by atoms with E-state index in [4.69, 9.17) is 9.47 Å². The number of hydrogen-bond donors (Lipinski definition) is 1. The van der Waals surface area contributed by atoms with Gasteiger partial charge in [-0.05, 0) is 43.0 Å². The zero-order chi connectivity index (χ0) is 16.1. The van der Waals surface area contributed by atoms with Gasteiger partial charge in [-0.15, -0.1) is 0 Å². The molecule has 1 unspecified atom stereocenters. The zero-order valence-corrected chi connectivity index (χ0v) is 14.2. The number of amides is 1. The smallest absolute Gasteiger partial charge is 0.489 e. The van der Waals surface area contributed by atoms with Crippen molar-refractivity contribution in [3.8, 4) is 5.75 Å². The predicted octanol–water partition coefficient (Wildman–Crippen LogP) is -0.751. The first kappa shape index (κ1) is 21.2. The molecule has 0 saturated carbocycles. The van der Waals surface area contributed by atoms with Crippen LogP contribution in [0.2, 0.25) is 0 Å². The fraction of sp³-hybridized carbons (Fsp3) is 0.316. The number of hydrogen-bond acceptors (Lipinski definition) is 3. The average molecular weight is 333 g/mol. The second-order valence-electron chi connectivity index (χ2n) is 6.18. The maximum absolute atomic E-state index is 11.2. The minimum atomic E-state index is -0.322. The first-order chi connectivity index (χ1) is 11.1. The fourth-order valence-corrected chi connectivity index (χ4v) is 2.59. The molecule has 1 heterocycles. The quantitative estimate of drug-likeness (QED) is 0.708. The number of ether oxygens (including phenoxy) is 2. The molecule has 25 heavy (non-hydrogen) atoms. The van der Waals surface area contributed by atoms with Crippen molar-refractivity contribution in [2.24, 2.45) is 0 Å². The van der Waals surface area contributed by atoms with E-state index in [1.54, 1.807) is 0 Å². The van der Waals surface area contributed by atoms with Crippen molar-refractivity contribution < 1.29 is 33.1 Å². The number of cyclic esters (lactones) is 1. The molecular weight excluding hydrogens is 308 g/mol. The molecule has 4 nitrogen and oxygen atoms in total. The SMILES string of the molecule is CC1(CCc2ccc(OCc3ccccc3)cc2)COC(=O)N1.[BH4-].[Li+]. The van der Waals surface area contributed by atoms with E-state index in [1.165, 1.54) is 5.56 Å². The molecule has 6 heteroatoms. The van der Waals surface area contributed by atoms with Gasteiger partial charge in [0.2, 0.25) is 0 Å². The molecule has 1 amide bonds. The summed E-state index contributed by atoms with van der Waals surface area (Å²) >= 11 is 0. The number of carbonyl (C=O) groups is 1. The second-order valence-corrected chi connectivity index (χ2v) is 6.18. The van der Waals surface area contributed by atoms with Crippen LogP contribution in [0.3, 0.4) is 0 Å². The standard InChI is InChI=1S/C19H21NO3.BH4.Li/c1-19(14-23-18(21)20-19)12-11-15-7-9-17(10-8-15)22-13-16-5-3-2-4-6-16;;/h2-10H,11-14H2,1H3,(H,20,21);1H4;/q;-1;+1. The van der Waals surface area contributed by atoms with Gasteiger partial charge in [0, 0.05) is 0 Å². The van der Waals surface area contributed by atoms with Gasteiger partial charge < -0.3 is 14.8 Å². The van der Waals surface area contributed by atoms with Crippen LogP contribution in [0.5, 0.6) is 5.75 Å². The Morgan fingerprint density at radius 2 is 1.76 bits per heavy atom. The van der Waals surface area contributed by atoms with E-state index in [9.17, 15) is 4.79 Å². The van der Waals surface area contributed by atoms with Crippen molar-refractivity contribution >= 4 is 14.5 Å². The van der Waals surface area contributed by atoms with Gasteiger partial charge in [-0.1, -0.05) is 50.9 Å².